The van der Waals surface area contributed by atoms with E-state index >= 15 is 0 Å². The molecule has 1 aliphatic heterocycles. The van der Waals surface area contributed by atoms with Crippen molar-refractivity contribution < 1.29 is 23.8 Å². The zero-order chi connectivity index (χ0) is 23.1. The molecule has 1 atom stereocenters. The molecular weight excluding hydrogens is 408 g/mol. The van der Waals surface area contributed by atoms with E-state index in [0.717, 1.165) is 24.8 Å². The molecule has 32 heavy (non-hydrogen) atoms. The molecule has 7 heteroatoms. The first-order chi connectivity index (χ1) is 15.5. The molecule has 0 radical (unpaired) electrons. The minimum Gasteiger partial charge on any atom is -0.493 e. The molecule has 0 saturated carbocycles. The van der Waals surface area contributed by atoms with E-state index in [0.29, 0.717) is 35.2 Å². The number of hydrogen-bond acceptors (Lipinski definition) is 5. The van der Waals surface area contributed by atoms with E-state index < -0.39 is 6.10 Å². The average Bonchev–Trinajstić information content (AvgIpc) is 2.80. The summed E-state index contributed by atoms with van der Waals surface area (Å²) >= 11 is 0. The van der Waals surface area contributed by atoms with Gasteiger partial charge in [0.05, 0.1) is 19.9 Å². The highest BCUT2D eigenvalue weighted by Crippen LogP contribution is 2.36. The molecule has 0 saturated heterocycles. The molecule has 0 spiro atoms. The maximum absolute atomic E-state index is 12.7. The number of carbonyl (C=O) groups excluding carboxylic acids is 2. The van der Waals surface area contributed by atoms with Crippen LogP contribution in [0, 0.1) is 0 Å². The highest BCUT2D eigenvalue weighted by molar-refractivity contribution is 6.04. The van der Waals surface area contributed by atoms with Crippen LogP contribution in [0.4, 0.5) is 11.4 Å². The topological polar surface area (TPSA) is 77.1 Å². The van der Waals surface area contributed by atoms with E-state index in [1.54, 1.807) is 62.5 Å². The number of benzene rings is 2. The van der Waals surface area contributed by atoms with E-state index in [1.807, 2.05) is 6.07 Å². The molecule has 3 rings (SSSR count). The van der Waals surface area contributed by atoms with Gasteiger partial charge in [0.25, 0.3) is 5.91 Å². The van der Waals surface area contributed by atoms with Crippen molar-refractivity contribution in [2.45, 2.75) is 39.2 Å². The number of rotatable bonds is 9. The van der Waals surface area contributed by atoms with E-state index in [-0.39, 0.29) is 11.8 Å². The van der Waals surface area contributed by atoms with Crippen molar-refractivity contribution in [3.05, 3.63) is 48.0 Å². The summed E-state index contributed by atoms with van der Waals surface area (Å²) in [7, 11) is 3.14. The molecule has 1 heterocycles. The maximum atomic E-state index is 12.7. The van der Waals surface area contributed by atoms with Crippen LogP contribution < -0.4 is 24.4 Å². The summed E-state index contributed by atoms with van der Waals surface area (Å²) in [5, 5.41) is 2.85. The Morgan fingerprint density at radius 3 is 2.62 bits per heavy atom. The van der Waals surface area contributed by atoms with Gasteiger partial charge in [-0.25, -0.2) is 0 Å². The minimum absolute atomic E-state index is 0.0644. The van der Waals surface area contributed by atoms with Gasteiger partial charge in [0.2, 0.25) is 5.91 Å². The fourth-order valence-electron chi connectivity index (χ4n) is 3.55. The second kappa shape index (κ2) is 10.7. The molecule has 2 amide bonds. The third-order valence-corrected chi connectivity index (χ3v) is 5.25. The second-order valence-corrected chi connectivity index (χ2v) is 7.58. The van der Waals surface area contributed by atoms with Gasteiger partial charge in [-0.05, 0) is 55.3 Å². The maximum Gasteiger partial charge on any atom is 0.267 e. The van der Waals surface area contributed by atoms with Crippen LogP contribution in [0.25, 0.3) is 6.08 Å². The molecule has 2 aromatic rings. The molecule has 0 aliphatic carbocycles. The summed E-state index contributed by atoms with van der Waals surface area (Å²) in [6.45, 7) is 4.51. The van der Waals surface area contributed by atoms with Crippen LogP contribution in [0.5, 0.6) is 17.2 Å². The zero-order valence-electron chi connectivity index (χ0n) is 19.0. The molecule has 170 valence electrons. The Balaban J connectivity index is 1.73. The fraction of sp³-hybridized carbons (Fsp3) is 0.360. The monoisotopic (exact) mass is 438 g/mol. The first-order valence-electron chi connectivity index (χ1n) is 10.8. The van der Waals surface area contributed by atoms with Gasteiger partial charge in [0.15, 0.2) is 17.6 Å². The summed E-state index contributed by atoms with van der Waals surface area (Å²) in [6, 6.07) is 10.8. The number of fused-ring (bicyclic) bond motifs is 1. The summed E-state index contributed by atoms with van der Waals surface area (Å²) in [4.78, 5) is 26.9. The fourth-order valence-corrected chi connectivity index (χ4v) is 3.55. The number of ether oxygens (including phenoxy) is 3. The quantitative estimate of drug-likeness (QED) is 0.455. The van der Waals surface area contributed by atoms with Gasteiger partial charge in [-0.2, -0.15) is 0 Å². The molecule has 1 N–H and O–H groups in total. The van der Waals surface area contributed by atoms with Crippen LogP contribution >= 0.6 is 0 Å². The number of hydrogen-bond donors (Lipinski definition) is 1. The van der Waals surface area contributed by atoms with Gasteiger partial charge in [0.1, 0.15) is 5.75 Å². The summed E-state index contributed by atoms with van der Waals surface area (Å²) in [6.07, 6.45) is 5.66. The molecule has 7 nitrogen and oxygen atoms in total. The second-order valence-electron chi connectivity index (χ2n) is 7.58. The van der Waals surface area contributed by atoms with Crippen LogP contribution in [0.1, 0.15) is 38.7 Å². The Kier molecular flexibility index (Phi) is 7.76. The molecule has 0 aromatic heterocycles. The first-order valence-corrected chi connectivity index (χ1v) is 10.8. The standard InChI is InChI=1S/C25H30N2O5/c1-5-6-7-14-27-20-16-19(10-12-21(20)32-17(2)25(27)29)26-24(28)13-9-18-8-11-22(30-3)23(15-18)31-4/h8-13,15-17H,5-7,14H2,1-4H3,(H,26,28)/b13-9+. The lowest BCUT2D eigenvalue weighted by atomic mass is 10.1. The van der Waals surface area contributed by atoms with Crippen molar-refractivity contribution in [1.82, 2.24) is 0 Å². The summed E-state index contributed by atoms with van der Waals surface area (Å²) in [5.74, 6) is 1.51. The Bertz CT molecular complexity index is 1000. The largest absolute Gasteiger partial charge is 0.493 e. The first kappa shape index (κ1) is 23.2. The van der Waals surface area contributed by atoms with Crippen molar-refractivity contribution in [3.63, 3.8) is 0 Å². The predicted octanol–water partition coefficient (Wildman–Crippen LogP) is 4.66. The van der Waals surface area contributed by atoms with E-state index in [9.17, 15) is 9.59 Å². The van der Waals surface area contributed by atoms with Crippen molar-refractivity contribution in [2.24, 2.45) is 0 Å². The highest BCUT2D eigenvalue weighted by Gasteiger charge is 2.31. The highest BCUT2D eigenvalue weighted by atomic mass is 16.5. The molecule has 2 aromatic carbocycles. The number of anilines is 2. The summed E-state index contributed by atoms with van der Waals surface area (Å²) < 4.78 is 16.3. The average molecular weight is 439 g/mol. The van der Waals surface area contributed by atoms with Crippen LogP contribution in [0.3, 0.4) is 0 Å². The molecule has 1 unspecified atom stereocenters. The van der Waals surface area contributed by atoms with Crippen LogP contribution in [0.2, 0.25) is 0 Å². The Labute approximate surface area is 189 Å². The summed E-state index contributed by atoms with van der Waals surface area (Å²) in [5.41, 5.74) is 2.08. The number of carbonyl (C=O) groups is 2. The van der Waals surface area contributed by atoms with Gasteiger partial charge < -0.3 is 24.4 Å². The van der Waals surface area contributed by atoms with Gasteiger partial charge in [-0.1, -0.05) is 25.8 Å². The Morgan fingerprint density at radius 2 is 1.91 bits per heavy atom. The van der Waals surface area contributed by atoms with E-state index in [4.69, 9.17) is 14.2 Å². The van der Waals surface area contributed by atoms with Gasteiger partial charge >= 0.3 is 0 Å². The molecule has 0 bridgehead atoms. The lowest BCUT2D eigenvalue weighted by Gasteiger charge is -2.33. The number of unbranched alkanes of at least 4 members (excludes halogenated alkanes) is 2. The Hall–Kier alpha value is -3.48. The Morgan fingerprint density at radius 1 is 1.12 bits per heavy atom. The van der Waals surface area contributed by atoms with Crippen LogP contribution in [-0.4, -0.2) is 38.7 Å². The zero-order valence-corrected chi connectivity index (χ0v) is 19.0. The SMILES string of the molecule is CCCCCN1C(=O)C(C)Oc2ccc(NC(=O)/C=C/c3ccc(OC)c(OC)c3)cc21. The smallest absolute Gasteiger partial charge is 0.267 e. The number of nitrogens with zero attached hydrogens (tertiary/aromatic N) is 1. The molecule has 1 aliphatic rings. The third-order valence-electron chi connectivity index (χ3n) is 5.25. The lowest BCUT2D eigenvalue weighted by molar-refractivity contribution is -0.125. The number of amides is 2. The van der Waals surface area contributed by atoms with Crippen LogP contribution in [0.15, 0.2) is 42.5 Å². The van der Waals surface area contributed by atoms with Gasteiger partial charge in [-0.3, -0.25) is 9.59 Å². The predicted molar refractivity (Wildman–Crippen MR) is 126 cm³/mol. The van der Waals surface area contributed by atoms with Crippen LogP contribution in [-0.2, 0) is 9.59 Å². The van der Waals surface area contributed by atoms with Crippen molar-refractivity contribution in [1.29, 1.82) is 0 Å². The lowest BCUT2D eigenvalue weighted by Crippen LogP contribution is -2.44. The van der Waals surface area contributed by atoms with E-state index in [1.165, 1.54) is 6.08 Å². The van der Waals surface area contributed by atoms with Crippen molar-refractivity contribution in [3.8, 4) is 17.2 Å². The number of methoxy groups -OCH3 is 2. The van der Waals surface area contributed by atoms with Crippen molar-refractivity contribution >= 4 is 29.3 Å². The molecular formula is C25H30N2O5. The van der Waals surface area contributed by atoms with Gasteiger partial charge in [-0.15, -0.1) is 0 Å². The third kappa shape index (κ3) is 5.41. The minimum atomic E-state index is -0.519. The van der Waals surface area contributed by atoms with E-state index in [2.05, 4.69) is 12.2 Å². The number of nitrogens with one attached hydrogen (secondary N) is 1. The van der Waals surface area contributed by atoms with Crippen molar-refractivity contribution in [2.75, 3.05) is 31.0 Å². The normalized spacial score (nSPS) is 15.3. The van der Waals surface area contributed by atoms with Gasteiger partial charge in [0, 0.05) is 18.3 Å². The molecule has 0 fully saturated rings.